The van der Waals surface area contributed by atoms with E-state index < -0.39 is 41.4 Å². The summed E-state index contributed by atoms with van der Waals surface area (Å²) in [5, 5.41) is 26.4. The molecule has 198 valence electrons. The molecule has 3 atom stereocenters. The van der Waals surface area contributed by atoms with E-state index in [2.05, 4.69) is 0 Å². The molecule has 4 N–H and O–H groups in total. The molecule has 0 saturated carbocycles. The summed E-state index contributed by atoms with van der Waals surface area (Å²) in [6, 6.07) is 19.4. The molecule has 36 heavy (non-hydrogen) atoms. The maximum absolute atomic E-state index is 11.8. The number of rotatable bonds is 9. The van der Waals surface area contributed by atoms with Crippen LogP contribution < -0.4 is 5.73 Å². The number of carbonyl (C=O) groups excluding carboxylic acids is 2. The molecule has 0 aliphatic rings. The lowest BCUT2D eigenvalue weighted by molar-refractivity contribution is -0.156. The van der Waals surface area contributed by atoms with Crippen molar-refractivity contribution in [3.05, 3.63) is 71.8 Å². The Bertz CT molecular complexity index is 975. The number of esters is 1. The highest BCUT2D eigenvalue weighted by molar-refractivity contribution is 5.97. The largest absolute Gasteiger partial charge is 0.479 e. The number of nitrogens with two attached hydrogens (primary N) is 1. The van der Waals surface area contributed by atoms with Crippen LogP contribution in [-0.2, 0) is 32.0 Å². The SMILES string of the molecule is CC(C)(C)OC(=O)C[C@@H](Cc1ccccc1)C(=O)C#N.Cl.Cl.N[C@@H](Cc1ccccc1)C(O)C(=O)O. The van der Waals surface area contributed by atoms with Crippen LogP contribution in [-0.4, -0.2) is 45.7 Å². The van der Waals surface area contributed by atoms with Crippen LogP contribution in [0.4, 0.5) is 0 Å². The van der Waals surface area contributed by atoms with Crippen LogP contribution in [0.15, 0.2) is 60.7 Å². The van der Waals surface area contributed by atoms with Crippen LogP contribution >= 0.6 is 24.8 Å². The molecule has 10 heteroatoms. The minimum atomic E-state index is -1.50. The summed E-state index contributed by atoms with van der Waals surface area (Å²) in [7, 11) is 0. The summed E-state index contributed by atoms with van der Waals surface area (Å²) in [5.74, 6) is -2.98. The molecule has 0 aliphatic carbocycles. The first-order chi connectivity index (χ1) is 15.9. The number of benzene rings is 2. The lowest BCUT2D eigenvalue weighted by atomic mass is 9.92. The molecule has 0 spiro atoms. The van der Waals surface area contributed by atoms with Crippen LogP contribution in [0.1, 0.15) is 38.3 Å². The smallest absolute Gasteiger partial charge is 0.334 e. The highest BCUT2D eigenvalue weighted by Gasteiger charge is 2.25. The molecule has 0 fully saturated rings. The number of hydrogen-bond donors (Lipinski definition) is 3. The Morgan fingerprint density at radius 1 is 0.944 bits per heavy atom. The van der Waals surface area contributed by atoms with Crippen molar-refractivity contribution in [2.24, 2.45) is 11.7 Å². The average molecular weight is 541 g/mol. The first-order valence-corrected chi connectivity index (χ1v) is 10.8. The maximum Gasteiger partial charge on any atom is 0.334 e. The zero-order valence-corrected chi connectivity index (χ0v) is 22.1. The fourth-order valence-corrected chi connectivity index (χ4v) is 3.01. The Balaban J connectivity index is 0. The van der Waals surface area contributed by atoms with E-state index in [4.69, 9.17) is 25.9 Å². The third kappa shape index (κ3) is 14.4. The predicted molar refractivity (Wildman–Crippen MR) is 141 cm³/mol. The number of carboxylic acid groups (broad SMARTS) is 1. The number of carbonyl (C=O) groups is 3. The van der Waals surface area contributed by atoms with Gasteiger partial charge in [-0.1, -0.05) is 60.7 Å². The second kappa shape index (κ2) is 17.5. The molecule has 0 amide bonds. The van der Waals surface area contributed by atoms with Crippen LogP contribution in [0.2, 0.25) is 0 Å². The van der Waals surface area contributed by atoms with Gasteiger partial charge < -0.3 is 20.7 Å². The Morgan fingerprint density at radius 3 is 1.78 bits per heavy atom. The fraction of sp³-hybridized carbons (Fsp3) is 0.385. The van der Waals surface area contributed by atoms with Crippen molar-refractivity contribution in [1.29, 1.82) is 5.26 Å². The number of hydrogen-bond acceptors (Lipinski definition) is 7. The van der Waals surface area contributed by atoms with Crippen LogP contribution in [0.25, 0.3) is 0 Å². The lowest BCUT2D eigenvalue weighted by Gasteiger charge is -2.21. The number of nitrogens with zero attached hydrogens (tertiary/aromatic N) is 1. The number of ketones is 1. The van der Waals surface area contributed by atoms with E-state index in [0.29, 0.717) is 12.8 Å². The molecule has 8 nitrogen and oxygen atoms in total. The Labute approximate surface area is 224 Å². The van der Waals surface area contributed by atoms with E-state index in [9.17, 15) is 14.4 Å². The fourth-order valence-electron chi connectivity index (χ4n) is 3.01. The van der Waals surface area contributed by atoms with Gasteiger partial charge >= 0.3 is 11.9 Å². The quantitative estimate of drug-likeness (QED) is 0.322. The average Bonchev–Trinajstić information content (AvgIpc) is 2.78. The standard InChI is InChI=1S/C16H19NO3.C10H13NO3.2ClH/c1-16(2,3)20-15(19)10-13(14(18)11-17)9-12-7-5-4-6-8-12;11-8(9(12)10(13)14)6-7-4-2-1-3-5-7;;/h4-8,13H,9-10H2,1-3H3;1-5,8-9,12H,6,11H2,(H,13,14);2*1H/t13-;8-,9?;;/m10../s1. The number of aliphatic hydroxyl groups excluding tert-OH is 1. The van der Waals surface area contributed by atoms with Gasteiger partial charge in [-0.05, 0) is 44.7 Å². The maximum atomic E-state index is 11.8. The normalized spacial score (nSPS) is 12.6. The number of nitriles is 1. The second-order valence-electron chi connectivity index (χ2n) is 8.79. The minimum Gasteiger partial charge on any atom is -0.479 e. The highest BCUT2D eigenvalue weighted by Crippen LogP contribution is 2.17. The van der Waals surface area contributed by atoms with Crippen molar-refractivity contribution in [1.82, 2.24) is 0 Å². The molecule has 0 aliphatic heterocycles. The van der Waals surface area contributed by atoms with E-state index in [-0.39, 0.29) is 31.2 Å². The molecule has 2 aromatic rings. The summed E-state index contributed by atoms with van der Waals surface area (Å²) in [6.07, 6.45) is -0.852. The Morgan fingerprint density at radius 2 is 1.39 bits per heavy atom. The number of halogens is 2. The first kappa shape index (κ1) is 35.2. The van der Waals surface area contributed by atoms with Crippen molar-refractivity contribution in [2.45, 2.75) is 57.8 Å². The topological polar surface area (TPSA) is 151 Å². The molecular formula is C26H34Cl2N2O6. The van der Waals surface area contributed by atoms with Crippen LogP contribution in [0, 0.1) is 17.2 Å². The summed E-state index contributed by atoms with van der Waals surface area (Å²) in [6.45, 7) is 5.30. The number of aliphatic carboxylic acids is 1. The van der Waals surface area contributed by atoms with E-state index in [1.165, 1.54) is 0 Å². The van der Waals surface area contributed by atoms with E-state index in [0.717, 1.165) is 11.1 Å². The zero-order valence-electron chi connectivity index (χ0n) is 20.5. The summed E-state index contributed by atoms with van der Waals surface area (Å²) < 4.78 is 5.20. The van der Waals surface area contributed by atoms with Gasteiger partial charge in [0.1, 0.15) is 11.7 Å². The van der Waals surface area contributed by atoms with E-state index >= 15 is 0 Å². The number of aliphatic hydroxyl groups is 1. The zero-order chi connectivity index (χ0) is 25.7. The van der Waals surface area contributed by atoms with E-state index in [1.54, 1.807) is 26.8 Å². The molecule has 0 saturated heterocycles. The van der Waals surface area contributed by atoms with Crippen molar-refractivity contribution < 1.29 is 29.3 Å². The van der Waals surface area contributed by atoms with Gasteiger partial charge in [0.15, 0.2) is 6.10 Å². The lowest BCUT2D eigenvalue weighted by Crippen LogP contribution is -2.41. The Kier molecular flexibility index (Phi) is 17.1. The monoisotopic (exact) mass is 540 g/mol. The van der Waals surface area contributed by atoms with Gasteiger partial charge in [0.05, 0.1) is 6.42 Å². The first-order valence-electron chi connectivity index (χ1n) is 10.8. The van der Waals surface area contributed by atoms with Crippen molar-refractivity contribution in [2.75, 3.05) is 0 Å². The van der Waals surface area contributed by atoms with Crippen molar-refractivity contribution >= 4 is 42.5 Å². The molecule has 0 aromatic heterocycles. The van der Waals surface area contributed by atoms with Gasteiger partial charge in [-0.3, -0.25) is 9.59 Å². The number of Topliss-reactive ketones (excluding diaryl/α,β-unsaturated/α-hetero) is 1. The molecule has 0 radical (unpaired) electrons. The highest BCUT2D eigenvalue weighted by atomic mass is 35.5. The molecular weight excluding hydrogens is 507 g/mol. The minimum absolute atomic E-state index is 0. The second-order valence-corrected chi connectivity index (χ2v) is 8.79. The van der Waals surface area contributed by atoms with Crippen molar-refractivity contribution in [3.8, 4) is 6.07 Å². The van der Waals surface area contributed by atoms with Crippen LogP contribution in [0.3, 0.4) is 0 Å². The van der Waals surface area contributed by atoms with Gasteiger partial charge in [-0.2, -0.15) is 5.26 Å². The van der Waals surface area contributed by atoms with Crippen LogP contribution in [0.5, 0.6) is 0 Å². The molecule has 0 heterocycles. The van der Waals surface area contributed by atoms with Gasteiger partial charge in [0.2, 0.25) is 5.78 Å². The molecule has 2 aromatic carbocycles. The van der Waals surface area contributed by atoms with E-state index in [1.807, 2.05) is 60.7 Å². The summed E-state index contributed by atoms with van der Waals surface area (Å²) in [5.41, 5.74) is 6.76. The molecule has 0 bridgehead atoms. The predicted octanol–water partition coefficient (Wildman–Crippen LogP) is 3.52. The van der Waals surface area contributed by atoms with Crippen molar-refractivity contribution in [3.63, 3.8) is 0 Å². The third-order valence-electron chi connectivity index (χ3n) is 4.61. The Hall–Kier alpha value is -2.96. The number of ether oxygens (including phenoxy) is 1. The summed E-state index contributed by atoms with van der Waals surface area (Å²) >= 11 is 0. The number of carboxylic acids is 1. The van der Waals surface area contributed by atoms with Gasteiger partial charge in [-0.25, -0.2) is 4.79 Å². The molecule has 1 unspecified atom stereocenters. The molecule has 2 rings (SSSR count). The van der Waals surface area contributed by atoms with Gasteiger partial charge in [-0.15, -0.1) is 24.8 Å². The third-order valence-corrected chi connectivity index (χ3v) is 4.61. The van der Waals surface area contributed by atoms with Gasteiger partial charge in [0, 0.05) is 12.0 Å². The van der Waals surface area contributed by atoms with Gasteiger partial charge in [0.25, 0.3) is 0 Å². The summed E-state index contributed by atoms with van der Waals surface area (Å²) in [4.78, 5) is 33.8.